The van der Waals surface area contributed by atoms with Crippen LogP contribution in [-0.2, 0) is 26.0 Å². The lowest BCUT2D eigenvalue weighted by molar-refractivity contribution is -0.122. The summed E-state index contributed by atoms with van der Waals surface area (Å²) in [6.07, 6.45) is 5.50. The fraction of sp³-hybridized carbons (Fsp3) is 0.577. The first-order chi connectivity index (χ1) is 17.6. The second-order valence-corrected chi connectivity index (χ2v) is 13.3. The van der Waals surface area contributed by atoms with Crippen molar-refractivity contribution >= 4 is 44.8 Å². The minimum absolute atomic E-state index is 0.0398. The molecule has 2 N–H and O–H groups in total. The number of aromatic nitrogens is 2. The summed E-state index contributed by atoms with van der Waals surface area (Å²) in [4.78, 5) is 22.1. The predicted molar refractivity (Wildman–Crippen MR) is 147 cm³/mol. The van der Waals surface area contributed by atoms with Gasteiger partial charge < -0.3 is 10.1 Å². The molecule has 0 spiro atoms. The number of ketones is 1. The van der Waals surface area contributed by atoms with Gasteiger partial charge in [-0.15, -0.1) is 0 Å². The fourth-order valence-corrected chi connectivity index (χ4v) is 6.11. The van der Waals surface area contributed by atoms with Gasteiger partial charge in [0.2, 0.25) is 10.0 Å². The third kappa shape index (κ3) is 7.41. The van der Waals surface area contributed by atoms with Crippen LogP contribution < -0.4 is 10.0 Å². The zero-order valence-electron chi connectivity index (χ0n) is 21.2. The average molecular weight is 570 g/mol. The van der Waals surface area contributed by atoms with E-state index >= 15 is 0 Å². The number of halogens is 2. The van der Waals surface area contributed by atoms with Crippen molar-refractivity contribution in [2.24, 2.45) is 11.8 Å². The molecule has 2 atom stereocenters. The summed E-state index contributed by atoms with van der Waals surface area (Å²) < 4.78 is 32.5. The Morgan fingerprint density at radius 3 is 2.62 bits per heavy atom. The van der Waals surface area contributed by atoms with Crippen molar-refractivity contribution in [3.8, 4) is 11.3 Å². The van der Waals surface area contributed by atoms with Crippen LogP contribution in [0.2, 0.25) is 10.0 Å². The zero-order chi connectivity index (χ0) is 26.6. The topological polar surface area (TPSA) is 110 Å². The molecule has 8 nitrogen and oxygen atoms in total. The van der Waals surface area contributed by atoms with Crippen LogP contribution in [-0.4, -0.2) is 55.2 Å². The highest BCUT2D eigenvalue weighted by Crippen LogP contribution is 2.34. The van der Waals surface area contributed by atoms with Gasteiger partial charge in [-0.25, -0.2) is 18.1 Å². The standard InChI is InChI=1S/C26H34Cl2N4O4S/c1-16(2)37(34,35)32-19-4-3-18(11-19)24(33)13-20-12-21(23(28)15-29-20)26-22(27)5-6-25(31-26)30-14-17-7-9-36-10-8-17/h5-6,12,15-19,32H,3-4,7-11,13-14H2,1-2H3,(H,30,31)/t18-,19+/m0/s1. The summed E-state index contributed by atoms with van der Waals surface area (Å²) in [6.45, 7) is 5.66. The first kappa shape index (κ1) is 28.2. The highest BCUT2D eigenvalue weighted by molar-refractivity contribution is 7.90. The Hall–Kier alpha value is -1.78. The lowest BCUT2D eigenvalue weighted by Gasteiger charge is -2.22. The van der Waals surface area contributed by atoms with Crippen molar-refractivity contribution in [1.29, 1.82) is 0 Å². The van der Waals surface area contributed by atoms with Crippen LogP contribution in [0.1, 0.15) is 51.6 Å². The Labute approximate surface area is 228 Å². The van der Waals surface area contributed by atoms with Crippen LogP contribution in [0.5, 0.6) is 0 Å². The number of sulfonamides is 1. The van der Waals surface area contributed by atoms with Gasteiger partial charge >= 0.3 is 0 Å². The number of rotatable bonds is 10. The van der Waals surface area contributed by atoms with Crippen molar-refractivity contribution in [3.05, 3.63) is 40.1 Å². The maximum absolute atomic E-state index is 13.0. The molecule has 1 saturated heterocycles. The molecular weight excluding hydrogens is 535 g/mol. The Morgan fingerprint density at radius 2 is 1.89 bits per heavy atom. The Kier molecular flexibility index (Phi) is 9.45. The van der Waals surface area contributed by atoms with Crippen molar-refractivity contribution in [2.75, 3.05) is 25.1 Å². The lowest BCUT2D eigenvalue weighted by atomic mass is 9.97. The van der Waals surface area contributed by atoms with E-state index in [0.717, 1.165) is 32.6 Å². The summed E-state index contributed by atoms with van der Waals surface area (Å²) in [5.41, 5.74) is 1.73. The number of anilines is 1. The van der Waals surface area contributed by atoms with E-state index in [1.165, 1.54) is 6.20 Å². The van der Waals surface area contributed by atoms with Gasteiger partial charge in [0.15, 0.2) is 0 Å². The number of carbonyl (C=O) groups excluding carboxylic acids is 1. The van der Waals surface area contributed by atoms with E-state index < -0.39 is 15.3 Å². The molecule has 3 heterocycles. The quantitative estimate of drug-likeness (QED) is 0.419. The monoisotopic (exact) mass is 568 g/mol. The second-order valence-electron chi connectivity index (χ2n) is 10.2. The molecule has 4 rings (SSSR count). The van der Waals surface area contributed by atoms with Gasteiger partial charge in [0.05, 0.1) is 21.0 Å². The highest BCUT2D eigenvalue weighted by Gasteiger charge is 2.33. The number of nitrogens with one attached hydrogen (secondary N) is 2. The SMILES string of the molecule is CC(C)S(=O)(=O)N[C@@H]1CC[C@H](C(=O)Cc2cc(-c3nc(NCC4CCOCC4)ccc3Cl)c(Cl)cn2)C1. The number of hydrogen-bond acceptors (Lipinski definition) is 7. The number of carbonyl (C=O) groups is 1. The maximum atomic E-state index is 13.0. The minimum atomic E-state index is -3.37. The van der Waals surface area contributed by atoms with Crippen LogP contribution in [0.3, 0.4) is 0 Å². The number of nitrogens with zero attached hydrogens (tertiary/aromatic N) is 2. The van der Waals surface area contributed by atoms with Gasteiger partial charge in [0.25, 0.3) is 0 Å². The average Bonchev–Trinajstić information content (AvgIpc) is 3.33. The number of hydrogen-bond donors (Lipinski definition) is 2. The lowest BCUT2D eigenvalue weighted by Crippen LogP contribution is -2.38. The molecule has 2 aromatic rings. The van der Waals surface area contributed by atoms with Gasteiger partial charge in [0.1, 0.15) is 11.6 Å². The molecule has 0 amide bonds. The van der Waals surface area contributed by atoms with Crippen LogP contribution in [0.4, 0.5) is 5.82 Å². The van der Waals surface area contributed by atoms with Crippen molar-refractivity contribution in [1.82, 2.24) is 14.7 Å². The molecule has 2 aliphatic rings. The molecule has 1 aliphatic carbocycles. The summed E-state index contributed by atoms with van der Waals surface area (Å²) in [5, 5.41) is 3.75. The molecule has 0 unspecified atom stereocenters. The molecule has 0 bridgehead atoms. The molecule has 0 radical (unpaired) electrons. The Morgan fingerprint density at radius 1 is 1.14 bits per heavy atom. The zero-order valence-corrected chi connectivity index (χ0v) is 23.5. The summed E-state index contributed by atoms with van der Waals surface area (Å²) in [5.74, 6) is 1.07. The van der Waals surface area contributed by atoms with Crippen LogP contribution in [0.25, 0.3) is 11.3 Å². The number of ether oxygens (including phenoxy) is 1. The van der Waals surface area contributed by atoms with Crippen molar-refractivity contribution in [2.45, 2.75) is 63.7 Å². The van der Waals surface area contributed by atoms with E-state index in [-0.39, 0.29) is 24.2 Å². The second kappa shape index (κ2) is 12.4. The molecule has 2 aromatic heterocycles. The van der Waals surface area contributed by atoms with E-state index in [2.05, 4.69) is 15.0 Å². The van der Waals surface area contributed by atoms with Gasteiger partial charge in [0, 0.05) is 55.6 Å². The molecule has 37 heavy (non-hydrogen) atoms. The van der Waals surface area contributed by atoms with Gasteiger partial charge in [-0.05, 0) is 70.1 Å². The van der Waals surface area contributed by atoms with Crippen molar-refractivity contribution < 1.29 is 17.9 Å². The molecule has 0 aromatic carbocycles. The molecule has 2 fully saturated rings. The Bertz CT molecular complexity index is 1220. The molecule has 11 heteroatoms. The fourth-order valence-electron chi connectivity index (χ4n) is 4.76. The molecule has 1 aliphatic heterocycles. The molecule has 202 valence electrons. The summed E-state index contributed by atoms with van der Waals surface area (Å²) in [7, 11) is -3.37. The van der Waals surface area contributed by atoms with E-state index in [9.17, 15) is 13.2 Å². The van der Waals surface area contributed by atoms with E-state index in [1.54, 1.807) is 26.0 Å². The van der Waals surface area contributed by atoms with Gasteiger partial charge in [-0.2, -0.15) is 0 Å². The normalized spacial score (nSPS) is 20.9. The third-order valence-electron chi connectivity index (χ3n) is 7.12. The molecule has 1 saturated carbocycles. The van der Waals surface area contributed by atoms with Crippen LogP contribution in [0.15, 0.2) is 24.4 Å². The smallest absolute Gasteiger partial charge is 0.214 e. The van der Waals surface area contributed by atoms with Gasteiger partial charge in [-0.3, -0.25) is 9.78 Å². The molecular formula is C26H34Cl2N4O4S. The Balaban J connectivity index is 1.43. The minimum Gasteiger partial charge on any atom is -0.381 e. The van der Waals surface area contributed by atoms with Crippen LogP contribution >= 0.6 is 23.2 Å². The van der Waals surface area contributed by atoms with E-state index in [1.807, 2.05) is 6.07 Å². The summed E-state index contributed by atoms with van der Waals surface area (Å²) in [6, 6.07) is 5.18. The number of pyridine rings is 2. The van der Waals surface area contributed by atoms with Gasteiger partial charge in [-0.1, -0.05) is 23.2 Å². The van der Waals surface area contributed by atoms with E-state index in [4.69, 9.17) is 32.9 Å². The summed E-state index contributed by atoms with van der Waals surface area (Å²) >= 11 is 13.0. The maximum Gasteiger partial charge on any atom is 0.214 e. The van der Waals surface area contributed by atoms with Crippen molar-refractivity contribution in [3.63, 3.8) is 0 Å². The number of Topliss-reactive ketones (excluding diaryl/α,β-unsaturated/α-hetero) is 1. The first-order valence-electron chi connectivity index (χ1n) is 12.8. The van der Waals surface area contributed by atoms with Crippen LogP contribution in [0, 0.1) is 11.8 Å². The first-order valence-corrected chi connectivity index (χ1v) is 15.1. The third-order valence-corrected chi connectivity index (χ3v) is 9.63. The highest BCUT2D eigenvalue weighted by atomic mass is 35.5. The largest absolute Gasteiger partial charge is 0.381 e. The van der Waals surface area contributed by atoms with E-state index in [0.29, 0.717) is 58.0 Å². The predicted octanol–water partition coefficient (Wildman–Crippen LogP) is 4.90.